The van der Waals surface area contributed by atoms with Gasteiger partial charge in [0.2, 0.25) is 0 Å². The first-order chi connectivity index (χ1) is 5.10. The largest absolute Gasteiger partial charge is 0.457 e. The number of rotatable bonds is 4. The zero-order valence-corrected chi connectivity index (χ0v) is 7.59. The van der Waals surface area contributed by atoms with Crippen LogP contribution in [0.4, 0.5) is 4.79 Å². The SMILES string of the molecule is CCOC(=O)P(=O)(OC)OC. The second-order valence-corrected chi connectivity index (χ2v) is 3.65. The van der Waals surface area contributed by atoms with E-state index in [-0.39, 0.29) is 6.61 Å². The Balaban J connectivity index is 4.26. The van der Waals surface area contributed by atoms with E-state index in [2.05, 4.69) is 13.8 Å². The maximum atomic E-state index is 11.1. The molecule has 0 aromatic carbocycles. The molecule has 0 saturated heterocycles. The second kappa shape index (κ2) is 4.49. The molecule has 0 saturated carbocycles. The molecule has 5 nitrogen and oxygen atoms in total. The molecule has 0 unspecified atom stereocenters. The maximum absolute atomic E-state index is 11.1. The Morgan fingerprint density at radius 1 is 1.36 bits per heavy atom. The Labute approximate surface area is 65.2 Å². The van der Waals surface area contributed by atoms with E-state index in [0.717, 1.165) is 14.2 Å². The molecule has 0 atom stereocenters. The number of hydrogen-bond donors (Lipinski definition) is 0. The summed E-state index contributed by atoms with van der Waals surface area (Å²) in [5.41, 5.74) is -0.954. The van der Waals surface area contributed by atoms with Gasteiger partial charge in [-0.15, -0.1) is 0 Å². The molecule has 0 fully saturated rings. The third-order valence-electron chi connectivity index (χ3n) is 0.972. The molecule has 0 radical (unpaired) electrons. The number of carbonyl (C=O) groups is 1. The van der Waals surface area contributed by atoms with Crippen LogP contribution in [-0.4, -0.2) is 26.5 Å². The van der Waals surface area contributed by atoms with Crippen LogP contribution in [0.25, 0.3) is 0 Å². The predicted molar refractivity (Wildman–Crippen MR) is 38.6 cm³/mol. The predicted octanol–water partition coefficient (Wildman–Crippen LogP) is 1.63. The molecule has 0 aromatic rings. The van der Waals surface area contributed by atoms with Crippen molar-refractivity contribution in [2.24, 2.45) is 0 Å². The van der Waals surface area contributed by atoms with Crippen molar-refractivity contribution in [2.75, 3.05) is 20.8 Å². The number of carbonyl (C=O) groups excluding carboxylic acids is 1. The van der Waals surface area contributed by atoms with E-state index in [1.54, 1.807) is 6.92 Å². The van der Waals surface area contributed by atoms with Crippen molar-refractivity contribution in [3.8, 4) is 0 Å². The van der Waals surface area contributed by atoms with Gasteiger partial charge in [-0.2, -0.15) is 0 Å². The van der Waals surface area contributed by atoms with E-state index in [4.69, 9.17) is 0 Å². The quantitative estimate of drug-likeness (QED) is 0.618. The van der Waals surface area contributed by atoms with Gasteiger partial charge in [0.05, 0.1) is 6.61 Å². The van der Waals surface area contributed by atoms with Gasteiger partial charge in [0.15, 0.2) is 0 Å². The highest BCUT2D eigenvalue weighted by atomic mass is 31.2. The molecule has 0 aliphatic carbocycles. The first-order valence-electron chi connectivity index (χ1n) is 2.99. The van der Waals surface area contributed by atoms with Crippen LogP contribution in [0.2, 0.25) is 0 Å². The average Bonchev–Trinajstić information content (AvgIpc) is 2.03. The molecule has 0 spiro atoms. The van der Waals surface area contributed by atoms with Crippen molar-refractivity contribution in [2.45, 2.75) is 6.92 Å². The summed E-state index contributed by atoms with van der Waals surface area (Å²) in [5.74, 6) is 0. The maximum Gasteiger partial charge on any atom is 0.437 e. The monoisotopic (exact) mass is 182 g/mol. The van der Waals surface area contributed by atoms with Gasteiger partial charge in [0.1, 0.15) is 0 Å². The lowest BCUT2D eigenvalue weighted by Gasteiger charge is -2.10. The van der Waals surface area contributed by atoms with E-state index in [9.17, 15) is 9.36 Å². The molecule has 6 heteroatoms. The fourth-order valence-electron chi connectivity index (χ4n) is 0.426. The highest BCUT2D eigenvalue weighted by Gasteiger charge is 2.33. The van der Waals surface area contributed by atoms with Crippen LogP contribution in [0, 0.1) is 0 Å². The first-order valence-corrected chi connectivity index (χ1v) is 4.53. The summed E-state index contributed by atoms with van der Waals surface area (Å²) in [7, 11) is -1.40. The molecule has 0 aliphatic heterocycles. The molecule has 0 N–H and O–H groups in total. The van der Waals surface area contributed by atoms with E-state index < -0.39 is 13.3 Å². The Bertz CT molecular complexity index is 170. The Morgan fingerprint density at radius 3 is 2.09 bits per heavy atom. The third kappa shape index (κ3) is 2.61. The summed E-state index contributed by atoms with van der Waals surface area (Å²) in [6, 6.07) is 0. The topological polar surface area (TPSA) is 61.8 Å². The van der Waals surface area contributed by atoms with Crippen molar-refractivity contribution in [1.82, 2.24) is 0 Å². The summed E-state index contributed by atoms with van der Waals surface area (Å²) in [6.07, 6.45) is 0. The normalized spacial score (nSPS) is 11.2. The number of ether oxygens (including phenoxy) is 1. The smallest absolute Gasteiger partial charge is 0.437 e. The molecular weight excluding hydrogens is 171 g/mol. The van der Waals surface area contributed by atoms with Crippen molar-refractivity contribution in [3.05, 3.63) is 0 Å². The lowest BCUT2D eigenvalue weighted by molar-refractivity contribution is 0.162. The number of hydrogen-bond acceptors (Lipinski definition) is 5. The van der Waals surface area contributed by atoms with Gasteiger partial charge in [-0.25, -0.2) is 9.36 Å². The van der Waals surface area contributed by atoms with Gasteiger partial charge in [0.25, 0.3) is 0 Å². The molecule has 0 rings (SSSR count). The van der Waals surface area contributed by atoms with Crippen LogP contribution in [0.1, 0.15) is 6.92 Å². The summed E-state index contributed by atoms with van der Waals surface area (Å²) in [6.45, 7) is 1.75. The van der Waals surface area contributed by atoms with Crippen molar-refractivity contribution < 1.29 is 23.1 Å². The molecule has 0 aliphatic rings. The zero-order chi connectivity index (χ0) is 8.91. The van der Waals surface area contributed by atoms with Gasteiger partial charge in [-0.3, -0.25) is 0 Å². The minimum absolute atomic E-state index is 0.148. The fraction of sp³-hybridized carbons (Fsp3) is 0.800. The molecule has 0 amide bonds. The van der Waals surface area contributed by atoms with Crippen LogP contribution in [0.5, 0.6) is 0 Å². The minimum atomic E-state index is -3.65. The van der Waals surface area contributed by atoms with Gasteiger partial charge in [0, 0.05) is 14.2 Å². The van der Waals surface area contributed by atoms with E-state index in [1.165, 1.54) is 0 Å². The summed E-state index contributed by atoms with van der Waals surface area (Å²) in [4.78, 5) is 10.8. The first kappa shape index (κ1) is 10.6. The van der Waals surface area contributed by atoms with E-state index >= 15 is 0 Å². The highest BCUT2D eigenvalue weighted by molar-refractivity contribution is 7.71. The lowest BCUT2D eigenvalue weighted by Crippen LogP contribution is -2.05. The van der Waals surface area contributed by atoms with Gasteiger partial charge in [-0.1, -0.05) is 0 Å². The van der Waals surface area contributed by atoms with Crippen LogP contribution < -0.4 is 0 Å². The van der Waals surface area contributed by atoms with Gasteiger partial charge in [-0.05, 0) is 6.92 Å². The van der Waals surface area contributed by atoms with Crippen LogP contribution in [0.15, 0.2) is 0 Å². The Morgan fingerprint density at radius 2 is 1.82 bits per heavy atom. The Kier molecular flexibility index (Phi) is 4.33. The standard InChI is InChI=1S/C5H11O5P/c1-4-10-5(6)11(7,8-2)9-3/h4H2,1-3H3. The van der Waals surface area contributed by atoms with Crippen LogP contribution in [-0.2, 0) is 18.3 Å². The highest BCUT2D eigenvalue weighted by Crippen LogP contribution is 2.48. The molecular formula is C5H11O5P. The fourth-order valence-corrected chi connectivity index (χ4v) is 1.16. The second-order valence-electron chi connectivity index (χ2n) is 1.56. The average molecular weight is 182 g/mol. The lowest BCUT2D eigenvalue weighted by atomic mass is 10.9. The zero-order valence-electron chi connectivity index (χ0n) is 6.70. The molecule has 66 valence electrons. The summed E-state index contributed by atoms with van der Waals surface area (Å²) in [5, 5.41) is 0. The third-order valence-corrected chi connectivity index (χ3v) is 2.51. The summed E-state index contributed by atoms with van der Waals surface area (Å²) < 4.78 is 24.3. The molecule has 0 bridgehead atoms. The minimum Gasteiger partial charge on any atom is -0.457 e. The molecule has 0 aromatic heterocycles. The van der Waals surface area contributed by atoms with Gasteiger partial charge >= 0.3 is 13.3 Å². The molecule has 11 heavy (non-hydrogen) atoms. The van der Waals surface area contributed by atoms with Crippen molar-refractivity contribution in [1.29, 1.82) is 0 Å². The Hall–Kier alpha value is -0.380. The van der Waals surface area contributed by atoms with E-state index in [1.807, 2.05) is 0 Å². The van der Waals surface area contributed by atoms with Gasteiger partial charge < -0.3 is 13.8 Å². The van der Waals surface area contributed by atoms with E-state index in [0.29, 0.717) is 0 Å². The van der Waals surface area contributed by atoms with Crippen molar-refractivity contribution in [3.63, 3.8) is 0 Å². The van der Waals surface area contributed by atoms with Crippen molar-refractivity contribution >= 4 is 13.3 Å². The molecule has 0 heterocycles. The summed E-state index contributed by atoms with van der Waals surface area (Å²) >= 11 is 0. The van der Waals surface area contributed by atoms with Crippen LogP contribution in [0.3, 0.4) is 0 Å². The van der Waals surface area contributed by atoms with Crippen LogP contribution >= 0.6 is 7.60 Å².